The molecule has 0 saturated heterocycles. The first-order chi connectivity index (χ1) is 2.89. The number of allylic oxidation sites excluding steroid dienone is 1. The lowest BCUT2D eigenvalue weighted by molar-refractivity contribution is 0.291. The van der Waals surface area contributed by atoms with Gasteiger partial charge in [0.05, 0.1) is 12.0 Å². The van der Waals surface area contributed by atoms with E-state index in [0.29, 0.717) is 0 Å². The number of nitrogens with one attached hydrogen (secondary N) is 1. The first-order valence-corrected chi connectivity index (χ1v) is 2.45. The van der Waals surface area contributed by atoms with Crippen molar-refractivity contribution in [3.63, 3.8) is 0 Å². The van der Waals surface area contributed by atoms with Crippen molar-refractivity contribution >= 4 is 12.0 Å². The summed E-state index contributed by atoms with van der Waals surface area (Å²) in [6, 6.07) is 0. The van der Waals surface area contributed by atoms with Crippen LogP contribution in [0, 0.1) is 0 Å². The minimum absolute atomic E-state index is 1.07. The highest BCUT2D eigenvalue weighted by Crippen LogP contribution is 2.11. The number of hydrogen-bond donors (Lipinski definition) is 1. The molecule has 0 bridgehead atoms. The SMILES string of the molecule is CC1=CSON1. The molecule has 0 aromatic heterocycles. The van der Waals surface area contributed by atoms with Crippen LogP contribution in [0.25, 0.3) is 0 Å². The molecule has 3 heteroatoms. The molecule has 0 amide bonds. The van der Waals surface area contributed by atoms with Crippen molar-refractivity contribution in [2.24, 2.45) is 0 Å². The van der Waals surface area contributed by atoms with Gasteiger partial charge in [0.15, 0.2) is 0 Å². The van der Waals surface area contributed by atoms with Gasteiger partial charge in [-0.15, -0.1) is 0 Å². The normalized spacial score (nSPS) is 19.8. The monoisotopic (exact) mass is 103 g/mol. The molecule has 34 valence electrons. The molecule has 0 aliphatic carbocycles. The fourth-order valence-corrected chi connectivity index (χ4v) is 0.630. The third kappa shape index (κ3) is 0.666. The van der Waals surface area contributed by atoms with Crippen molar-refractivity contribution in [3.05, 3.63) is 11.1 Å². The molecule has 0 atom stereocenters. The molecule has 0 aromatic carbocycles. The third-order valence-electron chi connectivity index (χ3n) is 0.476. The first-order valence-electron chi connectivity index (χ1n) is 1.65. The van der Waals surface area contributed by atoms with Crippen LogP contribution in [0.3, 0.4) is 0 Å². The molecule has 1 heterocycles. The lowest BCUT2D eigenvalue weighted by Gasteiger charge is -1.87. The van der Waals surface area contributed by atoms with Crippen LogP contribution in [0.4, 0.5) is 0 Å². The summed E-state index contributed by atoms with van der Waals surface area (Å²) in [6.07, 6.45) is 0. The highest BCUT2D eigenvalue weighted by atomic mass is 32.2. The van der Waals surface area contributed by atoms with E-state index in [1.165, 1.54) is 12.0 Å². The Morgan fingerprint density at radius 2 is 2.83 bits per heavy atom. The molecule has 0 unspecified atom stereocenters. The van der Waals surface area contributed by atoms with Crippen molar-refractivity contribution in [1.82, 2.24) is 5.48 Å². The van der Waals surface area contributed by atoms with Crippen molar-refractivity contribution in [2.45, 2.75) is 6.92 Å². The Balaban J connectivity index is 2.45. The predicted octanol–water partition coefficient (Wildman–Crippen LogP) is 1.03. The Hall–Kier alpha value is -0.150. The molecule has 6 heavy (non-hydrogen) atoms. The standard InChI is InChI=1S/C3H5NOS/c1-3-2-6-5-4-3/h2,4H,1H3. The molecule has 1 N–H and O–H groups in total. The Labute approximate surface area is 40.7 Å². The van der Waals surface area contributed by atoms with Gasteiger partial charge in [-0.2, -0.15) is 0 Å². The molecule has 0 saturated carbocycles. The second kappa shape index (κ2) is 1.53. The molecule has 0 spiro atoms. The fraction of sp³-hybridized carbons (Fsp3) is 0.333. The van der Waals surface area contributed by atoms with E-state index in [4.69, 9.17) is 0 Å². The molecular weight excluding hydrogens is 98.1 g/mol. The number of rotatable bonds is 0. The average molecular weight is 103 g/mol. The summed E-state index contributed by atoms with van der Waals surface area (Å²) >= 11 is 1.31. The summed E-state index contributed by atoms with van der Waals surface area (Å²) < 4.78 is 4.63. The topological polar surface area (TPSA) is 21.3 Å². The maximum absolute atomic E-state index is 4.63. The highest BCUT2D eigenvalue weighted by molar-refractivity contribution is 7.97. The molecule has 0 aromatic rings. The summed E-state index contributed by atoms with van der Waals surface area (Å²) in [5.74, 6) is 0. The van der Waals surface area contributed by atoms with Crippen LogP contribution >= 0.6 is 12.0 Å². The van der Waals surface area contributed by atoms with E-state index in [9.17, 15) is 0 Å². The van der Waals surface area contributed by atoms with E-state index in [2.05, 4.69) is 9.76 Å². The van der Waals surface area contributed by atoms with Gasteiger partial charge in [-0.1, -0.05) is 0 Å². The van der Waals surface area contributed by atoms with Crippen molar-refractivity contribution < 1.29 is 4.28 Å². The van der Waals surface area contributed by atoms with Gasteiger partial charge in [0.25, 0.3) is 0 Å². The Bertz CT molecular complexity index is 80.9. The molecule has 0 fully saturated rings. The van der Waals surface area contributed by atoms with Crippen molar-refractivity contribution in [2.75, 3.05) is 0 Å². The molecule has 1 rings (SSSR count). The van der Waals surface area contributed by atoms with Crippen LogP contribution in [-0.4, -0.2) is 0 Å². The lowest BCUT2D eigenvalue weighted by atomic mass is 10.6. The smallest absolute Gasteiger partial charge is 0.0535 e. The zero-order valence-corrected chi connectivity index (χ0v) is 4.21. The lowest BCUT2D eigenvalue weighted by Crippen LogP contribution is -1.98. The minimum Gasteiger partial charge on any atom is -0.258 e. The predicted molar refractivity (Wildman–Crippen MR) is 25.6 cm³/mol. The molecular formula is C3H5NOS. The average Bonchev–Trinajstić information content (AvgIpc) is 1.86. The summed E-state index contributed by atoms with van der Waals surface area (Å²) in [5.41, 5.74) is 3.71. The Morgan fingerprint density at radius 3 is 3.00 bits per heavy atom. The molecule has 0 radical (unpaired) electrons. The van der Waals surface area contributed by atoms with E-state index < -0.39 is 0 Å². The van der Waals surface area contributed by atoms with Gasteiger partial charge in [-0.25, -0.2) is 4.28 Å². The number of hydrogen-bond acceptors (Lipinski definition) is 3. The largest absolute Gasteiger partial charge is 0.258 e. The molecule has 1 aliphatic rings. The second-order valence-electron chi connectivity index (χ2n) is 1.08. The van der Waals surface area contributed by atoms with Gasteiger partial charge in [0, 0.05) is 11.1 Å². The highest BCUT2D eigenvalue weighted by Gasteiger charge is 1.94. The van der Waals surface area contributed by atoms with E-state index in [0.717, 1.165) is 5.70 Å². The quantitative estimate of drug-likeness (QED) is 0.463. The third-order valence-corrected chi connectivity index (χ3v) is 1.10. The van der Waals surface area contributed by atoms with E-state index in [1.54, 1.807) is 0 Å². The van der Waals surface area contributed by atoms with Crippen LogP contribution in [0.1, 0.15) is 6.92 Å². The van der Waals surface area contributed by atoms with Gasteiger partial charge in [0.1, 0.15) is 0 Å². The van der Waals surface area contributed by atoms with Crippen LogP contribution in [0.5, 0.6) is 0 Å². The van der Waals surface area contributed by atoms with Gasteiger partial charge in [-0.3, -0.25) is 5.48 Å². The van der Waals surface area contributed by atoms with Crippen molar-refractivity contribution in [1.29, 1.82) is 0 Å². The van der Waals surface area contributed by atoms with E-state index in [-0.39, 0.29) is 0 Å². The summed E-state index contributed by atoms with van der Waals surface area (Å²) in [6.45, 7) is 1.94. The Kier molecular flexibility index (Phi) is 1.03. The summed E-state index contributed by atoms with van der Waals surface area (Å²) in [7, 11) is 0. The second-order valence-corrected chi connectivity index (χ2v) is 1.68. The van der Waals surface area contributed by atoms with Crippen LogP contribution in [-0.2, 0) is 4.28 Å². The summed E-state index contributed by atoms with van der Waals surface area (Å²) in [5, 5.41) is 1.90. The van der Waals surface area contributed by atoms with Gasteiger partial charge < -0.3 is 0 Å². The maximum atomic E-state index is 4.63. The number of hydroxylamine groups is 1. The van der Waals surface area contributed by atoms with Gasteiger partial charge in [0.2, 0.25) is 0 Å². The van der Waals surface area contributed by atoms with Gasteiger partial charge >= 0.3 is 0 Å². The van der Waals surface area contributed by atoms with Crippen LogP contribution < -0.4 is 5.48 Å². The minimum atomic E-state index is 1.07. The van der Waals surface area contributed by atoms with E-state index in [1.807, 2.05) is 12.3 Å². The molecule has 1 aliphatic heterocycles. The van der Waals surface area contributed by atoms with Gasteiger partial charge in [-0.05, 0) is 6.92 Å². The zero-order chi connectivity index (χ0) is 4.41. The van der Waals surface area contributed by atoms with E-state index >= 15 is 0 Å². The van der Waals surface area contributed by atoms with Crippen LogP contribution in [0.15, 0.2) is 11.1 Å². The molecule has 2 nitrogen and oxygen atoms in total. The summed E-state index contributed by atoms with van der Waals surface area (Å²) in [4.78, 5) is 0. The Morgan fingerprint density at radius 1 is 2.00 bits per heavy atom. The zero-order valence-electron chi connectivity index (χ0n) is 3.39. The fourth-order valence-electron chi connectivity index (χ4n) is 0.210. The first kappa shape index (κ1) is 4.02. The van der Waals surface area contributed by atoms with Crippen LogP contribution in [0.2, 0.25) is 0 Å². The van der Waals surface area contributed by atoms with Crippen molar-refractivity contribution in [3.8, 4) is 0 Å². The maximum Gasteiger partial charge on any atom is 0.0535 e.